The van der Waals surface area contributed by atoms with E-state index in [-0.39, 0.29) is 29.3 Å². The first-order valence-electron chi connectivity index (χ1n) is 6.31. The number of carboxylic acid groups (broad SMARTS) is 1. The minimum atomic E-state index is -3.74. The van der Waals surface area contributed by atoms with Crippen LogP contribution in [0.15, 0.2) is 17.2 Å². The summed E-state index contributed by atoms with van der Waals surface area (Å²) in [5.41, 5.74) is 0.00673. The van der Waals surface area contributed by atoms with Gasteiger partial charge in [0.1, 0.15) is 10.6 Å². The molecular weight excluding hydrogens is 284 g/mol. The average molecular weight is 302 g/mol. The average Bonchev–Trinajstić information content (AvgIpc) is 3.06. The maximum Gasteiger partial charge on any atom is 0.352 e. The number of ether oxygens (including phenoxy) is 1. The molecule has 1 atom stereocenters. The lowest BCUT2D eigenvalue weighted by Crippen LogP contribution is -2.35. The Labute approximate surface area is 117 Å². The van der Waals surface area contributed by atoms with E-state index in [9.17, 15) is 13.2 Å². The molecule has 0 radical (unpaired) electrons. The highest BCUT2D eigenvalue weighted by molar-refractivity contribution is 7.89. The minimum Gasteiger partial charge on any atom is -0.477 e. The largest absolute Gasteiger partial charge is 0.477 e. The Balaban J connectivity index is 2.27. The first-order valence-corrected chi connectivity index (χ1v) is 7.80. The molecule has 2 N–H and O–H groups in total. The van der Waals surface area contributed by atoms with Crippen LogP contribution in [0.1, 0.15) is 36.3 Å². The molecule has 0 aliphatic heterocycles. The van der Waals surface area contributed by atoms with E-state index in [1.54, 1.807) is 6.92 Å². The summed E-state index contributed by atoms with van der Waals surface area (Å²) in [6, 6.07) is 0.909. The van der Waals surface area contributed by atoms with Crippen LogP contribution in [0.4, 0.5) is 0 Å². The van der Waals surface area contributed by atoms with Gasteiger partial charge in [-0.2, -0.15) is 0 Å². The highest BCUT2D eigenvalue weighted by Crippen LogP contribution is 2.37. The number of methoxy groups -OCH3 is 1. The normalized spacial score (nSPS) is 17.1. The van der Waals surface area contributed by atoms with Crippen LogP contribution in [0.25, 0.3) is 0 Å². The molecular formula is C12H18N2O5S. The SMILES string of the molecule is COCC(C)NS(=O)(=O)c1cc(C(=O)O)n(C2CC2)c1. The zero-order valence-corrected chi connectivity index (χ0v) is 12.2. The second kappa shape index (κ2) is 5.55. The molecule has 8 heteroatoms. The fourth-order valence-electron chi connectivity index (χ4n) is 2.04. The summed E-state index contributed by atoms with van der Waals surface area (Å²) in [7, 11) is -2.25. The number of carbonyl (C=O) groups is 1. The fourth-order valence-corrected chi connectivity index (χ4v) is 3.30. The summed E-state index contributed by atoms with van der Waals surface area (Å²) in [6.45, 7) is 1.92. The van der Waals surface area contributed by atoms with E-state index >= 15 is 0 Å². The molecule has 1 heterocycles. The molecule has 0 saturated heterocycles. The molecule has 1 aliphatic rings. The van der Waals surface area contributed by atoms with Crippen LogP contribution >= 0.6 is 0 Å². The molecule has 0 spiro atoms. The summed E-state index contributed by atoms with van der Waals surface area (Å²) in [5.74, 6) is -1.12. The Morgan fingerprint density at radius 2 is 2.25 bits per heavy atom. The molecule has 0 aromatic carbocycles. The van der Waals surface area contributed by atoms with Crippen molar-refractivity contribution in [3.05, 3.63) is 18.0 Å². The lowest BCUT2D eigenvalue weighted by molar-refractivity contribution is 0.0685. The first kappa shape index (κ1) is 15.0. The molecule has 1 fully saturated rings. The highest BCUT2D eigenvalue weighted by Gasteiger charge is 2.30. The Morgan fingerprint density at radius 1 is 1.60 bits per heavy atom. The monoisotopic (exact) mass is 302 g/mol. The minimum absolute atomic E-state index is 0.00673. The van der Waals surface area contributed by atoms with E-state index in [0.717, 1.165) is 12.8 Å². The third kappa shape index (κ3) is 3.20. The molecule has 20 heavy (non-hydrogen) atoms. The van der Waals surface area contributed by atoms with Gasteiger partial charge in [0.2, 0.25) is 10.0 Å². The van der Waals surface area contributed by atoms with E-state index in [1.807, 2.05) is 0 Å². The summed E-state index contributed by atoms with van der Waals surface area (Å²) in [4.78, 5) is 11.1. The molecule has 7 nitrogen and oxygen atoms in total. The lowest BCUT2D eigenvalue weighted by atomic mass is 10.4. The zero-order chi connectivity index (χ0) is 14.9. The second-order valence-corrected chi connectivity index (χ2v) is 6.70. The Kier molecular flexibility index (Phi) is 4.17. The predicted molar refractivity (Wildman–Crippen MR) is 71.3 cm³/mol. The Morgan fingerprint density at radius 3 is 2.75 bits per heavy atom. The summed E-state index contributed by atoms with van der Waals surface area (Å²) < 4.78 is 33.2. The topological polar surface area (TPSA) is 97.6 Å². The Hall–Kier alpha value is -1.38. The molecule has 2 rings (SSSR count). The van der Waals surface area contributed by atoms with E-state index < -0.39 is 16.0 Å². The molecule has 0 amide bonds. The van der Waals surface area contributed by atoms with Gasteiger partial charge in [-0.1, -0.05) is 0 Å². The highest BCUT2D eigenvalue weighted by atomic mass is 32.2. The van der Waals surface area contributed by atoms with Gasteiger partial charge in [-0.3, -0.25) is 0 Å². The van der Waals surface area contributed by atoms with Gasteiger partial charge in [0, 0.05) is 25.4 Å². The van der Waals surface area contributed by atoms with Crippen molar-refractivity contribution in [1.29, 1.82) is 0 Å². The van der Waals surface area contributed by atoms with Gasteiger partial charge in [0.25, 0.3) is 0 Å². The van der Waals surface area contributed by atoms with Crippen molar-refractivity contribution in [2.24, 2.45) is 0 Å². The van der Waals surface area contributed by atoms with Gasteiger partial charge in [0.05, 0.1) is 6.61 Å². The van der Waals surface area contributed by atoms with Gasteiger partial charge in [0.15, 0.2) is 0 Å². The lowest BCUT2D eigenvalue weighted by Gasteiger charge is -2.12. The van der Waals surface area contributed by atoms with Crippen molar-refractivity contribution in [3.63, 3.8) is 0 Å². The van der Waals surface area contributed by atoms with Crippen molar-refractivity contribution in [3.8, 4) is 0 Å². The summed E-state index contributed by atoms with van der Waals surface area (Å²) in [6.07, 6.45) is 3.15. The molecule has 1 aromatic rings. The molecule has 1 aromatic heterocycles. The first-order chi connectivity index (χ1) is 9.35. The van der Waals surface area contributed by atoms with Crippen LogP contribution < -0.4 is 4.72 Å². The van der Waals surface area contributed by atoms with Crippen LogP contribution in [0, 0.1) is 0 Å². The van der Waals surface area contributed by atoms with Crippen molar-refractivity contribution in [1.82, 2.24) is 9.29 Å². The van der Waals surface area contributed by atoms with Crippen LogP contribution in [0.2, 0.25) is 0 Å². The number of rotatable bonds is 7. The number of hydrogen-bond donors (Lipinski definition) is 2. The van der Waals surface area contributed by atoms with Crippen molar-refractivity contribution in [2.75, 3.05) is 13.7 Å². The smallest absolute Gasteiger partial charge is 0.352 e. The van der Waals surface area contributed by atoms with E-state index in [0.29, 0.717) is 0 Å². The predicted octanol–water partition coefficient (Wildman–Crippen LogP) is 0.834. The maximum atomic E-state index is 12.2. The van der Waals surface area contributed by atoms with E-state index in [4.69, 9.17) is 9.84 Å². The van der Waals surface area contributed by atoms with Gasteiger partial charge < -0.3 is 14.4 Å². The van der Waals surface area contributed by atoms with Crippen molar-refractivity contribution >= 4 is 16.0 Å². The van der Waals surface area contributed by atoms with E-state index in [1.165, 1.54) is 23.9 Å². The summed E-state index contributed by atoms with van der Waals surface area (Å²) >= 11 is 0. The fraction of sp³-hybridized carbons (Fsp3) is 0.583. The second-order valence-electron chi connectivity index (χ2n) is 4.98. The van der Waals surface area contributed by atoms with Gasteiger partial charge in [-0.15, -0.1) is 0 Å². The van der Waals surface area contributed by atoms with Crippen molar-refractivity contribution < 1.29 is 23.1 Å². The van der Waals surface area contributed by atoms with Crippen LogP contribution in [0.5, 0.6) is 0 Å². The van der Waals surface area contributed by atoms with Crippen molar-refractivity contribution in [2.45, 2.75) is 36.7 Å². The quantitative estimate of drug-likeness (QED) is 0.777. The number of aromatic carboxylic acids is 1. The number of nitrogens with zero attached hydrogens (tertiary/aromatic N) is 1. The third-order valence-corrected chi connectivity index (χ3v) is 4.62. The molecule has 0 bridgehead atoms. The summed E-state index contributed by atoms with van der Waals surface area (Å²) in [5, 5.41) is 9.13. The van der Waals surface area contributed by atoms with Gasteiger partial charge in [-0.25, -0.2) is 17.9 Å². The third-order valence-electron chi connectivity index (χ3n) is 3.07. The van der Waals surface area contributed by atoms with Crippen LogP contribution in [-0.4, -0.2) is 43.8 Å². The van der Waals surface area contributed by atoms with E-state index in [2.05, 4.69) is 4.72 Å². The Bertz CT molecular complexity index is 603. The number of hydrogen-bond acceptors (Lipinski definition) is 4. The van der Waals surface area contributed by atoms with Gasteiger partial charge in [-0.05, 0) is 25.8 Å². The number of carboxylic acids is 1. The standard InChI is InChI=1S/C12H18N2O5S/c1-8(7-19-2)13-20(17,18)10-5-11(12(15)16)14(6-10)9-3-4-9/h5-6,8-9,13H,3-4,7H2,1-2H3,(H,15,16). The number of aromatic nitrogens is 1. The van der Waals surface area contributed by atoms with Gasteiger partial charge >= 0.3 is 5.97 Å². The number of sulfonamides is 1. The number of nitrogens with one attached hydrogen (secondary N) is 1. The molecule has 1 unspecified atom stereocenters. The maximum absolute atomic E-state index is 12.2. The molecule has 1 saturated carbocycles. The zero-order valence-electron chi connectivity index (χ0n) is 11.4. The molecule has 112 valence electrons. The molecule has 1 aliphatic carbocycles. The van der Waals surface area contributed by atoms with Crippen LogP contribution in [0.3, 0.4) is 0 Å². The van der Waals surface area contributed by atoms with Crippen LogP contribution in [-0.2, 0) is 14.8 Å².